The van der Waals surface area contributed by atoms with Crippen molar-refractivity contribution in [2.75, 3.05) is 25.1 Å². The van der Waals surface area contributed by atoms with Gasteiger partial charge in [0, 0.05) is 30.3 Å². The van der Waals surface area contributed by atoms with E-state index in [2.05, 4.69) is 27.6 Å². The Balaban J connectivity index is 1.63. The van der Waals surface area contributed by atoms with Gasteiger partial charge in [-0.25, -0.2) is 0 Å². The van der Waals surface area contributed by atoms with E-state index in [0.717, 1.165) is 37.4 Å². The fourth-order valence-corrected chi connectivity index (χ4v) is 2.86. The standard InChI is InChI=1S/C15H17N3O2/c1-2-10-8-11(3-4-13(10)16-6-1)15-17-14(18-20-15)12-5-7-19-9-12/h3-4,8,12,16H,1-2,5-7,9H2. The van der Waals surface area contributed by atoms with E-state index >= 15 is 0 Å². The van der Waals surface area contributed by atoms with Crippen LogP contribution in [-0.2, 0) is 11.2 Å². The molecule has 1 atom stereocenters. The number of anilines is 1. The average Bonchev–Trinajstić information content (AvgIpc) is 3.17. The second-order valence-corrected chi connectivity index (χ2v) is 5.42. The van der Waals surface area contributed by atoms with Crippen LogP contribution in [0.3, 0.4) is 0 Å². The van der Waals surface area contributed by atoms with Crippen LogP contribution in [0.4, 0.5) is 5.69 Å². The molecule has 0 radical (unpaired) electrons. The van der Waals surface area contributed by atoms with E-state index in [-0.39, 0.29) is 5.92 Å². The van der Waals surface area contributed by atoms with Crippen molar-refractivity contribution >= 4 is 5.69 Å². The van der Waals surface area contributed by atoms with Crippen LogP contribution in [-0.4, -0.2) is 29.9 Å². The van der Waals surface area contributed by atoms with Crippen LogP contribution in [0.2, 0.25) is 0 Å². The number of ether oxygens (including phenoxy) is 1. The molecule has 5 heteroatoms. The zero-order chi connectivity index (χ0) is 13.4. The lowest BCUT2D eigenvalue weighted by atomic mass is 10.0. The van der Waals surface area contributed by atoms with Gasteiger partial charge >= 0.3 is 0 Å². The van der Waals surface area contributed by atoms with Gasteiger partial charge in [0.25, 0.3) is 5.89 Å². The fourth-order valence-electron chi connectivity index (χ4n) is 2.86. The number of hydrogen-bond acceptors (Lipinski definition) is 5. The van der Waals surface area contributed by atoms with E-state index in [9.17, 15) is 0 Å². The molecule has 1 unspecified atom stereocenters. The van der Waals surface area contributed by atoms with Crippen molar-refractivity contribution < 1.29 is 9.26 Å². The molecule has 0 amide bonds. The largest absolute Gasteiger partial charge is 0.385 e. The molecule has 2 aliphatic rings. The van der Waals surface area contributed by atoms with Crippen LogP contribution in [0.1, 0.15) is 30.1 Å². The van der Waals surface area contributed by atoms with Crippen molar-refractivity contribution in [3.05, 3.63) is 29.6 Å². The molecule has 104 valence electrons. The quantitative estimate of drug-likeness (QED) is 0.909. The lowest BCUT2D eigenvalue weighted by Gasteiger charge is -2.17. The molecule has 0 aliphatic carbocycles. The van der Waals surface area contributed by atoms with Crippen molar-refractivity contribution in [3.8, 4) is 11.5 Å². The fraction of sp³-hybridized carbons (Fsp3) is 0.467. The minimum Gasteiger partial charge on any atom is -0.385 e. The summed E-state index contributed by atoms with van der Waals surface area (Å²) in [5.74, 6) is 1.67. The summed E-state index contributed by atoms with van der Waals surface area (Å²) >= 11 is 0. The van der Waals surface area contributed by atoms with E-state index in [1.54, 1.807) is 0 Å². The van der Waals surface area contributed by atoms with Crippen molar-refractivity contribution in [2.45, 2.75) is 25.2 Å². The predicted octanol–water partition coefficient (Wildman–Crippen LogP) is 2.60. The number of nitrogens with one attached hydrogen (secondary N) is 1. The van der Waals surface area contributed by atoms with Crippen molar-refractivity contribution in [1.29, 1.82) is 0 Å². The van der Waals surface area contributed by atoms with Gasteiger partial charge in [0.2, 0.25) is 0 Å². The second kappa shape index (κ2) is 4.90. The van der Waals surface area contributed by atoms with Gasteiger partial charge in [-0.15, -0.1) is 0 Å². The number of nitrogens with zero attached hydrogens (tertiary/aromatic N) is 2. The molecule has 5 nitrogen and oxygen atoms in total. The summed E-state index contributed by atoms with van der Waals surface area (Å²) in [6.07, 6.45) is 3.26. The van der Waals surface area contributed by atoms with Gasteiger partial charge in [-0.2, -0.15) is 4.98 Å². The SMILES string of the molecule is c1cc2c(cc1-c1nc(C3CCOC3)no1)CCCN2. The number of benzene rings is 1. The Morgan fingerprint density at radius 3 is 3.20 bits per heavy atom. The molecule has 1 saturated heterocycles. The molecule has 1 N–H and O–H groups in total. The van der Waals surface area contributed by atoms with Crippen LogP contribution in [0.25, 0.3) is 11.5 Å². The first-order chi connectivity index (χ1) is 9.90. The van der Waals surface area contributed by atoms with Crippen molar-refractivity contribution in [3.63, 3.8) is 0 Å². The average molecular weight is 271 g/mol. The molecule has 0 bridgehead atoms. The highest BCUT2D eigenvalue weighted by molar-refractivity contribution is 5.63. The van der Waals surface area contributed by atoms with E-state index in [4.69, 9.17) is 9.26 Å². The maximum atomic E-state index is 5.42. The molecule has 0 spiro atoms. The lowest BCUT2D eigenvalue weighted by molar-refractivity contribution is 0.192. The summed E-state index contributed by atoms with van der Waals surface area (Å²) in [5, 5.41) is 7.51. The Bertz CT molecular complexity index is 617. The molecule has 1 aromatic carbocycles. The van der Waals surface area contributed by atoms with E-state index in [1.807, 2.05) is 6.07 Å². The van der Waals surface area contributed by atoms with Crippen LogP contribution in [0.15, 0.2) is 22.7 Å². The van der Waals surface area contributed by atoms with Gasteiger partial charge in [0.05, 0.1) is 6.61 Å². The summed E-state index contributed by atoms with van der Waals surface area (Å²) in [6, 6.07) is 6.30. The first-order valence-corrected chi connectivity index (χ1v) is 7.19. The zero-order valence-corrected chi connectivity index (χ0v) is 11.3. The second-order valence-electron chi connectivity index (χ2n) is 5.42. The molecular weight excluding hydrogens is 254 g/mol. The van der Waals surface area contributed by atoms with Gasteiger partial charge in [-0.1, -0.05) is 5.16 Å². The minimum atomic E-state index is 0.284. The molecule has 4 rings (SSSR count). The molecule has 20 heavy (non-hydrogen) atoms. The summed E-state index contributed by atoms with van der Waals surface area (Å²) in [5.41, 5.74) is 3.56. The van der Waals surface area contributed by atoms with Gasteiger partial charge in [-0.3, -0.25) is 0 Å². The Kier molecular flexibility index (Phi) is 2.92. The maximum Gasteiger partial charge on any atom is 0.257 e. The van der Waals surface area contributed by atoms with Crippen LogP contribution < -0.4 is 5.32 Å². The van der Waals surface area contributed by atoms with Crippen molar-refractivity contribution in [1.82, 2.24) is 10.1 Å². The molecule has 3 heterocycles. The predicted molar refractivity (Wildman–Crippen MR) is 74.7 cm³/mol. The third-order valence-corrected chi connectivity index (χ3v) is 4.03. The minimum absolute atomic E-state index is 0.284. The molecule has 1 fully saturated rings. The smallest absolute Gasteiger partial charge is 0.257 e. The summed E-state index contributed by atoms with van der Waals surface area (Å²) in [6.45, 7) is 2.55. The van der Waals surface area contributed by atoms with E-state index in [1.165, 1.54) is 17.7 Å². The highest BCUT2D eigenvalue weighted by atomic mass is 16.5. The molecule has 2 aromatic rings. The summed E-state index contributed by atoms with van der Waals surface area (Å²) in [4.78, 5) is 4.53. The molecule has 0 saturated carbocycles. The summed E-state index contributed by atoms with van der Waals surface area (Å²) < 4.78 is 10.8. The third-order valence-electron chi connectivity index (χ3n) is 4.03. The Morgan fingerprint density at radius 2 is 2.30 bits per heavy atom. The maximum absolute atomic E-state index is 5.42. The molecular formula is C15H17N3O2. The third kappa shape index (κ3) is 2.08. The lowest BCUT2D eigenvalue weighted by Crippen LogP contribution is -2.11. The highest BCUT2D eigenvalue weighted by Gasteiger charge is 2.23. The summed E-state index contributed by atoms with van der Waals surface area (Å²) in [7, 11) is 0. The Morgan fingerprint density at radius 1 is 1.30 bits per heavy atom. The van der Waals surface area contributed by atoms with Gasteiger partial charge in [-0.05, 0) is 43.0 Å². The normalized spacial score (nSPS) is 21.5. The van der Waals surface area contributed by atoms with Crippen LogP contribution in [0.5, 0.6) is 0 Å². The number of fused-ring (bicyclic) bond motifs is 1. The Hall–Kier alpha value is -1.88. The van der Waals surface area contributed by atoms with E-state index < -0.39 is 0 Å². The molecule has 1 aromatic heterocycles. The topological polar surface area (TPSA) is 60.2 Å². The number of rotatable bonds is 2. The molecule has 2 aliphatic heterocycles. The van der Waals surface area contributed by atoms with Crippen LogP contribution >= 0.6 is 0 Å². The van der Waals surface area contributed by atoms with Crippen molar-refractivity contribution in [2.24, 2.45) is 0 Å². The van der Waals surface area contributed by atoms with E-state index in [0.29, 0.717) is 12.5 Å². The number of hydrogen-bond donors (Lipinski definition) is 1. The highest BCUT2D eigenvalue weighted by Crippen LogP contribution is 2.29. The van der Waals surface area contributed by atoms with Gasteiger partial charge in [0.15, 0.2) is 5.82 Å². The first kappa shape index (κ1) is 11.9. The van der Waals surface area contributed by atoms with Gasteiger partial charge < -0.3 is 14.6 Å². The van der Waals surface area contributed by atoms with Crippen LogP contribution in [0, 0.1) is 0 Å². The number of aromatic nitrogens is 2. The monoisotopic (exact) mass is 271 g/mol. The zero-order valence-electron chi connectivity index (χ0n) is 11.3. The Labute approximate surface area is 117 Å². The number of aryl methyl sites for hydroxylation is 1. The van der Waals surface area contributed by atoms with Gasteiger partial charge in [0.1, 0.15) is 0 Å². The first-order valence-electron chi connectivity index (χ1n) is 7.19.